The molecule has 0 spiro atoms. The van der Waals surface area contributed by atoms with E-state index in [-0.39, 0.29) is 0 Å². The second kappa shape index (κ2) is 3.27. The zero-order chi connectivity index (χ0) is 5.86. The Labute approximate surface area is 48.4 Å². The van der Waals surface area contributed by atoms with Gasteiger partial charge in [0.05, 0.1) is 0 Å². The van der Waals surface area contributed by atoms with Gasteiger partial charge in [0.1, 0.15) is 13.3 Å². The molecule has 0 saturated heterocycles. The molecule has 7 heavy (non-hydrogen) atoms. The largest absolute Gasteiger partial charge is 0.420 e. The predicted octanol–water partition coefficient (Wildman–Crippen LogP) is -2.99. The number of nitrogens with one attached hydrogen (secondary N) is 1. The van der Waals surface area contributed by atoms with Crippen LogP contribution >= 0.6 is 0 Å². The van der Waals surface area contributed by atoms with Gasteiger partial charge < -0.3 is 10.8 Å². The third kappa shape index (κ3) is 2.89. The van der Waals surface area contributed by atoms with E-state index >= 15 is 0 Å². The van der Waals surface area contributed by atoms with Gasteiger partial charge in [0, 0.05) is 15.5 Å². The quantitative estimate of drug-likeness (QED) is 0.351. The lowest BCUT2D eigenvalue weighted by atomic mass is 9.04. The van der Waals surface area contributed by atoms with E-state index in [9.17, 15) is 0 Å². The first-order valence-corrected chi connectivity index (χ1v) is 1.91. The van der Waals surface area contributed by atoms with Crippen molar-refractivity contribution in [3.8, 4) is 0 Å². The highest BCUT2D eigenvalue weighted by molar-refractivity contribution is 7.52. The van der Waals surface area contributed by atoms with E-state index in [0.717, 1.165) is 0 Å². The molecule has 28 valence electrons. The summed E-state index contributed by atoms with van der Waals surface area (Å²) in [4.78, 5) is 0. The molecule has 3 N–H and O–H groups in total. The standard InChI is InChI=1S/B5H3N2/c1-4(6)5(2)7-3/h7H,6H2. The molecular formula is H3B5N2. The van der Waals surface area contributed by atoms with Crippen LogP contribution in [0.15, 0.2) is 0 Å². The highest BCUT2D eigenvalue weighted by Gasteiger charge is 2.08. The molecule has 0 aromatic rings. The zero-order valence-electron chi connectivity index (χ0n) is 3.96. The summed E-state index contributed by atoms with van der Waals surface area (Å²) in [6.07, 6.45) is 0. The minimum absolute atomic E-state index is 0.514. The van der Waals surface area contributed by atoms with Crippen LogP contribution < -0.4 is 10.8 Å². The topological polar surface area (TPSA) is 38.0 Å². The maximum Gasteiger partial charge on any atom is 0.163 e. The smallest absolute Gasteiger partial charge is 0.163 e. The summed E-state index contributed by atoms with van der Waals surface area (Å²) in [5, 5.41) is 2.19. The van der Waals surface area contributed by atoms with Gasteiger partial charge in [0.2, 0.25) is 0 Å². The normalized spacial score (nSPS) is 8.14. The van der Waals surface area contributed by atoms with Crippen molar-refractivity contribution in [2.45, 2.75) is 0 Å². The SMILES string of the molecule is [B]NB([B])B([B])N. The van der Waals surface area contributed by atoms with Gasteiger partial charge in [-0.25, -0.2) is 0 Å². The van der Waals surface area contributed by atoms with Crippen LogP contribution in [-0.4, -0.2) is 36.7 Å². The fourth-order valence-corrected chi connectivity index (χ4v) is 0.111. The molecule has 2 nitrogen and oxygen atoms in total. The number of nitrogens with two attached hydrogens (primary N) is 1. The van der Waals surface area contributed by atoms with E-state index in [1.807, 2.05) is 0 Å². The lowest BCUT2D eigenvalue weighted by Crippen LogP contribution is -2.54. The van der Waals surface area contributed by atoms with Crippen LogP contribution in [-0.2, 0) is 0 Å². The first-order valence-electron chi connectivity index (χ1n) is 1.91. The van der Waals surface area contributed by atoms with E-state index in [4.69, 9.17) is 29.1 Å². The van der Waals surface area contributed by atoms with E-state index < -0.39 is 13.3 Å². The molecule has 0 heterocycles. The average molecular weight is 85.1 g/mol. The molecule has 0 bridgehead atoms. The molecule has 0 amide bonds. The van der Waals surface area contributed by atoms with Crippen molar-refractivity contribution in [2.75, 3.05) is 0 Å². The van der Waals surface area contributed by atoms with Crippen LogP contribution in [0, 0.1) is 0 Å². The summed E-state index contributed by atoms with van der Waals surface area (Å²) in [7, 11) is 15.0. The zero-order valence-corrected chi connectivity index (χ0v) is 3.96. The third-order valence-corrected chi connectivity index (χ3v) is 0.607. The maximum atomic E-state index is 5.13. The van der Waals surface area contributed by atoms with E-state index in [1.54, 1.807) is 0 Å². The molecule has 0 saturated carbocycles. The van der Waals surface area contributed by atoms with Crippen molar-refractivity contribution in [3.63, 3.8) is 0 Å². The number of hydrogen-bond donors (Lipinski definition) is 2. The van der Waals surface area contributed by atoms with Gasteiger partial charge in [-0.15, -0.1) is 0 Å². The fourth-order valence-electron chi connectivity index (χ4n) is 0.111. The molecular weight excluding hydrogens is 82.1 g/mol. The van der Waals surface area contributed by atoms with Crippen molar-refractivity contribution < 1.29 is 0 Å². The molecule has 0 aromatic heterocycles. The van der Waals surface area contributed by atoms with E-state index in [0.29, 0.717) is 0 Å². The Bertz CT molecular complexity index is 43.3. The van der Waals surface area contributed by atoms with Crippen molar-refractivity contribution in [2.24, 2.45) is 5.64 Å². The minimum Gasteiger partial charge on any atom is -0.420 e. The Kier molecular flexibility index (Phi) is 3.39. The van der Waals surface area contributed by atoms with Crippen LogP contribution in [0.25, 0.3) is 0 Å². The first kappa shape index (κ1) is 7.24. The summed E-state index contributed by atoms with van der Waals surface area (Å²) in [5.74, 6) is 0. The highest BCUT2D eigenvalue weighted by atomic mass is 14.6. The average Bonchev–Trinajstić information content (AvgIpc) is 1.65. The molecule has 0 aliphatic carbocycles. The number of hydrogen-bond acceptors (Lipinski definition) is 2. The van der Waals surface area contributed by atoms with Crippen LogP contribution in [0.5, 0.6) is 0 Å². The van der Waals surface area contributed by atoms with Gasteiger partial charge in [-0.3, -0.25) is 0 Å². The van der Waals surface area contributed by atoms with Crippen molar-refractivity contribution in [1.82, 2.24) is 5.14 Å². The van der Waals surface area contributed by atoms with Gasteiger partial charge >= 0.3 is 0 Å². The lowest BCUT2D eigenvalue weighted by Gasteiger charge is -2.06. The van der Waals surface area contributed by atoms with Gasteiger partial charge in [-0.1, -0.05) is 0 Å². The number of rotatable bonds is 2. The molecule has 0 unspecified atom stereocenters. The summed E-state index contributed by atoms with van der Waals surface area (Å²) in [6, 6.07) is 0. The molecule has 6 radical (unpaired) electrons. The van der Waals surface area contributed by atoms with Crippen LogP contribution in [0.1, 0.15) is 0 Å². The lowest BCUT2D eigenvalue weighted by molar-refractivity contribution is 1.64. The highest BCUT2D eigenvalue weighted by Crippen LogP contribution is 1.60. The second-order valence-corrected chi connectivity index (χ2v) is 1.27. The Morgan fingerprint density at radius 3 is 1.86 bits per heavy atom. The molecule has 0 fully saturated rings. The molecule has 0 aliphatic heterocycles. The van der Waals surface area contributed by atoms with Crippen LogP contribution in [0.3, 0.4) is 0 Å². The summed E-state index contributed by atoms with van der Waals surface area (Å²) in [5.41, 5.74) is 5.06. The molecule has 7 heteroatoms. The fraction of sp³-hybridized carbons (Fsp3) is 0. The molecule has 0 rings (SSSR count). The monoisotopic (exact) mass is 86.1 g/mol. The summed E-state index contributed by atoms with van der Waals surface area (Å²) in [6.45, 7) is -1.11. The van der Waals surface area contributed by atoms with E-state index in [2.05, 4.69) is 5.14 Å². The van der Waals surface area contributed by atoms with Gasteiger partial charge in [0.15, 0.2) is 7.98 Å². The minimum atomic E-state index is -0.593. The van der Waals surface area contributed by atoms with Crippen molar-refractivity contribution >= 4 is 36.7 Å². The summed E-state index contributed by atoms with van der Waals surface area (Å²) >= 11 is 0. The predicted molar refractivity (Wildman–Crippen MR) is 36.1 cm³/mol. The van der Waals surface area contributed by atoms with Crippen molar-refractivity contribution in [1.29, 1.82) is 0 Å². The summed E-state index contributed by atoms with van der Waals surface area (Å²) < 4.78 is 0. The third-order valence-electron chi connectivity index (χ3n) is 0.607. The van der Waals surface area contributed by atoms with Gasteiger partial charge in [-0.2, -0.15) is 0 Å². The molecule has 0 aromatic carbocycles. The van der Waals surface area contributed by atoms with Gasteiger partial charge in [-0.05, 0) is 0 Å². The van der Waals surface area contributed by atoms with Crippen LogP contribution in [0.4, 0.5) is 0 Å². The first-order chi connectivity index (χ1) is 3.18. The van der Waals surface area contributed by atoms with Gasteiger partial charge in [0.25, 0.3) is 0 Å². The molecule has 0 aliphatic rings. The second-order valence-electron chi connectivity index (χ2n) is 1.27. The Morgan fingerprint density at radius 2 is 1.86 bits per heavy atom. The Morgan fingerprint density at radius 1 is 1.43 bits per heavy atom. The Balaban J connectivity index is 3.14. The Hall–Kier alpha value is 0.245. The maximum absolute atomic E-state index is 5.13. The van der Waals surface area contributed by atoms with Crippen molar-refractivity contribution in [3.05, 3.63) is 0 Å². The van der Waals surface area contributed by atoms with E-state index in [1.165, 1.54) is 0 Å². The molecule has 0 atom stereocenters. The van der Waals surface area contributed by atoms with Crippen LogP contribution in [0.2, 0.25) is 0 Å².